The molecule has 34 heavy (non-hydrogen) atoms. The molecule has 3 amide bonds. The summed E-state index contributed by atoms with van der Waals surface area (Å²) in [5, 5.41) is 8.93. The largest absolute Gasteiger partial charge is 0.459 e. The quantitative estimate of drug-likeness (QED) is 0.403. The second kappa shape index (κ2) is 12.0. The molecule has 0 aliphatic rings. The van der Waals surface area contributed by atoms with Crippen LogP contribution < -0.4 is 16.0 Å². The van der Waals surface area contributed by atoms with Crippen molar-refractivity contribution < 1.29 is 18.8 Å². The number of hydrogen-bond acceptors (Lipinski definition) is 5. The number of halogens is 1. The van der Waals surface area contributed by atoms with Crippen LogP contribution in [0.25, 0.3) is 11.3 Å². The van der Waals surface area contributed by atoms with Gasteiger partial charge in [-0.1, -0.05) is 18.5 Å². The van der Waals surface area contributed by atoms with E-state index >= 15 is 0 Å². The van der Waals surface area contributed by atoms with E-state index in [-0.39, 0.29) is 37.4 Å². The van der Waals surface area contributed by atoms with Gasteiger partial charge in [0.2, 0.25) is 17.7 Å². The van der Waals surface area contributed by atoms with Crippen LogP contribution in [0.3, 0.4) is 0 Å². The summed E-state index contributed by atoms with van der Waals surface area (Å²) in [5.74, 6) is 0.710. The van der Waals surface area contributed by atoms with Gasteiger partial charge in [0.25, 0.3) is 0 Å². The average molecular weight is 483 g/mol. The van der Waals surface area contributed by atoms with Crippen molar-refractivity contribution in [2.75, 3.05) is 30.3 Å². The van der Waals surface area contributed by atoms with Gasteiger partial charge in [-0.25, -0.2) is 0 Å². The van der Waals surface area contributed by atoms with E-state index in [1.165, 1.54) is 6.92 Å². The number of nitrogens with one attached hydrogen (secondary N) is 3. The number of benzene rings is 2. The fourth-order valence-electron chi connectivity index (χ4n) is 3.21. The number of anilines is 2. The molecule has 3 rings (SSSR count). The second-order valence-corrected chi connectivity index (χ2v) is 8.10. The molecule has 3 aromatic rings. The third kappa shape index (κ3) is 7.75. The van der Waals surface area contributed by atoms with Crippen molar-refractivity contribution in [1.82, 2.24) is 10.2 Å². The third-order valence-electron chi connectivity index (χ3n) is 4.92. The summed E-state index contributed by atoms with van der Waals surface area (Å²) in [6, 6.07) is 17.8. The molecule has 9 heteroatoms. The Hall–Kier alpha value is -3.62. The van der Waals surface area contributed by atoms with E-state index in [4.69, 9.17) is 16.0 Å². The molecule has 1 heterocycles. The molecule has 0 atom stereocenters. The van der Waals surface area contributed by atoms with Gasteiger partial charge in [-0.05, 0) is 67.2 Å². The van der Waals surface area contributed by atoms with Crippen LogP contribution in [-0.4, -0.2) is 42.3 Å². The van der Waals surface area contributed by atoms with Crippen LogP contribution in [0, 0.1) is 0 Å². The smallest absolute Gasteiger partial charge is 0.238 e. The Labute approximate surface area is 203 Å². The number of furan rings is 1. The molecule has 0 aliphatic carbocycles. The minimum absolute atomic E-state index is 0.0683. The zero-order valence-corrected chi connectivity index (χ0v) is 19.8. The zero-order chi connectivity index (χ0) is 24.5. The Morgan fingerprint density at radius 3 is 2.09 bits per heavy atom. The average Bonchev–Trinajstić information content (AvgIpc) is 3.28. The van der Waals surface area contributed by atoms with Crippen molar-refractivity contribution in [2.24, 2.45) is 0 Å². The molecule has 0 radical (unpaired) electrons. The van der Waals surface area contributed by atoms with Crippen LogP contribution in [0.2, 0.25) is 5.02 Å². The first-order valence-electron chi connectivity index (χ1n) is 10.8. The number of nitrogens with zero attached hydrogens (tertiary/aromatic N) is 1. The van der Waals surface area contributed by atoms with E-state index in [1.54, 1.807) is 41.3 Å². The van der Waals surface area contributed by atoms with Crippen molar-refractivity contribution in [2.45, 2.75) is 20.4 Å². The fourth-order valence-corrected chi connectivity index (χ4v) is 3.34. The molecule has 0 spiro atoms. The van der Waals surface area contributed by atoms with Gasteiger partial charge < -0.3 is 20.4 Å². The summed E-state index contributed by atoms with van der Waals surface area (Å²) < 4.78 is 5.79. The number of hydrogen-bond donors (Lipinski definition) is 3. The molecular formula is C25H27ClN4O4. The normalized spacial score (nSPS) is 10.7. The van der Waals surface area contributed by atoms with Crippen molar-refractivity contribution in [3.8, 4) is 11.3 Å². The summed E-state index contributed by atoms with van der Waals surface area (Å²) in [4.78, 5) is 37.6. The van der Waals surface area contributed by atoms with Gasteiger partial charge in [0.1, 0.15) is 11.5 Å². The third-order valence-corrected chi connectivity index (χ3v) is 5.17. The molecule has 0 saturated heterocycles. The molecule has 2 aromatic carbocycles. The molecule has 1 aromatic heterocycles. The topological polar surface area (TPSA) is 104 Å². The molecular weight excluding hydrogens is 456 g/mol. The van der Waals surface area contributed by atoms with E-state index in [1.807, 2.05) is 31.2 Å². The maximum absolute atomic E-state index is 12.4. The van der Waals surface area contributed by atoms with Gasteiger partial charge in [0.05, 0.1) is 19.6 Å². The first kappa shape index (κ1) is 25.0. The summed E-state index contributed by atoms with van der Waals surface area (Å²) in [7, 11) is 0. The van der Waals surface area contributed by atoms with E-state index in [9.17, 15) is 14.4 Å². The number of likely N-dealkylation sites (N-methyl/N-ethyl adjacent to an activating group) is 1. The van der Waals surface area contributed by atoms with Crippen LogP contribution in [0.15, 0.2) is 65.1 Å². The van der Waals surface area contributed by atoms with Gasteiger partial charge in [-0.15, -0.1) is 0 Å². The number of carbonyl (C=O) groups is 3. The highest BCUT2D eigenvalue weighted by Gasteiger charge is 2.14. The van der Waals surface area contributed by atoms with Gasteiger partial charge in [0, 0.05) is 28.9 Å². The van der Waals surface area contributed by atoms with Crippen molar-refractivity contribution >= 4 is 40.7 Å². The predicted molar refractivity (Wildman–Crippen MR) is 132 cm³/mol. The predicted octanol–water partition coefficient (Wildman–Crippen LogP) is 4.14. The van der Waals surface area contributed by atoms with E-state index in [0.29, 0.717) is 34.5 Å². The lowest BCUT2D eigenvalue weighted by Crippen LogP contribution is -2.40. The number of carbonyl (C=O) groups excluding carboxylic acids is 3. The first-order chi connectivity index (χ1) is 16.3. The monoisotopic (exact) mass is 482 g/mol. The molecule has 0 saturated carbocycles. The maximum Gasteiger partial charge on any atom is 0.238 e. The maximum atomic E-state index is 12.4. The Morgan fingerprint density at radius 2 is 1.47 bits per heavy atom. The van der Waals surface area contributed by atoms with E-state index in [0.717, 1.165) is 5.56 Å². The lowest BCUT2D eigenvalue weighted by Gasteiger charge is -2.19. The highest BCUT2D eigenvalue weighted by Crippen LogP contribution is 2.23. The van der Waals surface area contributed by atoms with Crippen LogP contribution in [-0.2, 0) is 20.9 Å². The van der Waals surface area contributed by atoms with Crippen LogP contribution in [0.1, 0.15) is 19.6 Å². The van der Waals surface area contributed by atoms with Gasteiger partial charge >= 0.3 is 0 Å². The minimum Gasteiger partial charge on any atom is -0.459 e. The highest BCUT2D eigenvalue weighted by molar-refractivity contribution is 6.30. The SMILES string of the molecule is CCN(CC(=O)NCc1ccc(-c2ccc(Cl)cc2)o1)CC(=O)Nc1ccc(NC(C)=O)cc1. The Kier molecular flexibility index (Phi) is 8.84. The molecule has 0 unspecified atom stereocenters. The minimum atomic E-state index is -0.236. The van der Waals surface area contributed by atoms with Crippen LogP contribution in [0.4, 0.5) is 11.4 Å². The Morgan fingerprint density at radius 1 is 0.853 bits per heavy atom. The summed E-state index contributed by atoms with van der Waals surface area (Å²) in [6.07, 6.45) is 0. The molecule has 8 nitrogen and oxygen atoms in total. The molecule has 0 bridgehead atoms. The number of rotatable bonds is 10. The lowest BCUT2D eigenvalue weighted by atomic mass is 10.2. The van der Waals surface area contributed by atoms with Crippen LogP contribution in [0.5, 0.6) is 0 Å². The van der Waals surface area contributed by atoms with E-state index in [2.05, 4.69) is 16.0 Å². The van der Waals surface area contributed by atoms with Gasteiger partial charge in [-0.3, -0.25) is 19.3 Å². The standard InChI is InChI=1S/C25H27ClN4O4/c1-3-30(16-25(33)29-21-10-8-20(9-11-21)28-17(2)31)15-24(32)27-14-22-12-13-23(34-22)18-4-6-19(26)7-5-18/h4-13H,3,14-16H2,1-2H3,(H,27,32)(H,28,31)(H,29,33). The summed E-state index contributed by atoms with van der Waals surface area (Å²) >= 11 is 5.92. The van der Waals surface area contributed by atoms with Crippen molar-refractivity contribution in [1.29, 1.82) is 0 Å². The highest BCUT2D eigenvalue weighted by atomic mass is 35.5. The van der Waals surface area contributed by atoms with Crippen molar-refractivity contribution in [3.05, 3.63) is 71.4 Å². The molecule has 0 fully saturated rings. The summed E-state index contributed by atoms with van der Waals surface area (Å²) in [6.45, 7) is 4.24. The van der Waals surface area contributed by atoms with Crippen LogP contribution >= 0.6 is 11.6 Å². The Balaban J connectivity index is 1.44. The van der Waals surface area contributed by atoms with Gasteiger partial charge in [-0.2, -0.15) is 0 Å². The number of amides is 3. The first-order valence-corrected chi connectivity index (χ1v) is 11.2. The molecule has 0 aliphatic heterocycles. The molecule has 178 valence electrons. The molecule has 3 N–H and O–H groups in total. The summed E-state index contributed by atoms with van der Waals surface area (Å²) in [5.41, 5.74) is 2.15. The Bertz CT molecular complexity index is 1130. The van der Waals surface area contributed by atoms with Crippen molar-refractivity contribution in [3.63, 3.8) is 0 Å². The van der Waals surface area contributed by atoms with Gasteiger partial charge in [0.15, 0.2) is 0 Å². The second-order valence-electron chi connectivity index (χ2n) is 7.66. The lowest BCUT2D eigenvalue weighted by molar-refractivity contribution is -0.123. The van der Waals surface area contributed by atoms with E-state index < -0.39 is 0 Å². The zero-order valence-electron chi connectivity index (χ0n) is 19.1. The fraction of sp³-hybridized carbons (Fsp3) is 0.240.